The lowest BCUT2D eigenvalue weighted by molar-refractivity contribution is -0.0848. The van der Waals surface area contributed by atoms with Gasteiger partial charge in [0.05, 0.1) is 10.6 Å². The van der Waals surface area contributed by atoms with E-state index in [1.54, 1.807) is 16.8 Å². The molecule has 1 aliphatic heterocycles. The molecule has 3 aromatic rings. The van der Waals surface area contributed by atoms with Crippen LogP contribution in [-0.4, -0.2) is 62.8 Å². The molecule has 0 spiro atoms. The molecule has 5 atom stereocenters. The Morgan fingerprint density at radius 2 is 1.79 bits per heavy atom. The molecular formula is C19H21N3O6S. The van der Waals surface area contributed by atoms with Crippen molar-refractivity contribution in [2.24, 2.45) is 0 Å². The molecule has 10 heteroatoms. The molecule has 0 radical (unpaired) electrons. The second kappa shape index (κ2) is 7.15. The number of ether oxygens (including phenoxy) is 1. The highest BCUT2D eigenvalue weighted by Crippen LogP contribution is 2.37. The molecule has 3 N–H and O–H groups in total. The predicted octanol–water partition coefficient (Wildman–Crippen LogP) is 0.496. The molecule has 2 aromatic heterocycles. The standard InChI is InChI=1S/C19H21N3O6S/c1-10-13-7-8-22(18(13)21-9-20-10)19-16(25)15(24)17(28-19)14(23)11-3-5-12(6-4-11)29(2,26)27/h3-9,14-17,19,23-25H,1-2H3. The van der Waals surface area contributed by atoms with Crippen molar-refractivity contribution < 1.29 is 28.5 Å². The quantitative estimate of drug-likeness (QED) is 0.556. The predicted molar refractivity (Wildman–Crippen MR) is 103 cm³/mol. The SMILES string of the molecule is Cc1ncnc2c1ccn2C1OC(C(O)c2ccc(S(C)(=O)=O)cc2)C(O)C1O. The first-order valence-electron chi connectivity index (χ1n) is 8.96. The third-order valence-electron chi connectivity index (χ3n) is 5.22. The summed E-state index contributed by atoms with van der Waals surface area (Å²) < 4.78 is 30.6. The Balaban J connectivity index is 1.62. The molecule has 0 aliphatic carbocycles. The van der Waals surface area contributed by atoms with Crippen LogP contribution < -0.4 is 0 Å². The molecular weight excluding hydrogens is 398 g/mol. The minimum absolute atomic E-state index is 0.119. The molecule has 3 heterocycles. The van der Waals surface area contributed by atoms with Gasteiger partial charge in [-0.15, -0.1) is 0 Å². The van der Waals surface area contributed by atoms with Crippen LogP contribution in [0.3, 0.4) is 0 Å². The Hall–Kier alpha value is -2.37. The number of benzene rings is 1. The van der Waals surface area contributed by atoms with Crippen LogP contribution in [0.15, 0.2) is 47.8 Å². The van der Waals surface area contributed by atoms with E-state index >= 15 is 0 Å². The van der Waals surface area contributed by atoms with Crippen molar-refractivity contribution >= 4 is 20.9 Å². The van der Waals surface area contributed by atoms with Crippen LogP contribution in [0.25, 0.3) is 11.0 Å². The average molecular weight is 419 g/mol. The van der Waals surface area contributed by atoms with E-state index in [0.717, 1.165) is 17.3 Å². The van der Waals surface area contributed by atoms with Crippen molar-refractivity contribution in [3.05, 3.63) is 54.1 Å². The number of rotatable bonds is 4. The third-order valence-corrected chi connectivity index (χ3v) is 6.35. The van der Waals surface area contributed by atoms with Gasteiger partial charge in [0.25, 0.3) is 0 Å². The van der Waals surface area contributed by atoms with Gasteiger partial charge in [0.15, 0.2) is 16.1 Å². The zero-order valence-corrected chi connectivity index (χ0v) is 16.6. The van der Waals surface area contributed by atoms with Gasteiger partial charge in [0, 0.05) is 17.8 Å². The van der Waals surface area contributed by atoms with Crippen LogP contribution in [0.4, 0.5) is 0 Å². The van der Waals surface area contributed by atoms with Gasteiger partial charge in [-0.05, 0) is 30.7 Å². The van der Waals surface area contributed by atoms with Crippen molar-refractivity contribution in [3.63, 3.8) is 0 Å². The van der Waals surface area contributed by atoms with Crippen molar-refractivity contribution in [1.29, 1.82) is 0 Å². The number of aliphatic hydroxyl groups is 3. The highest BCUT2D eigenvalue weighted by atomic mass is 32.2. The minimum atomic E-state index is -3.36. The van der Waals surface area contributed by atoms with Gasteiger partial charge in [-0.1, -0.05) is 12.1 Å². The van der Waals surface area contributed by atoms with E-state index in [-0.39, 0.29) is 4.90 Å². The van der Waals surface area contributed by atoms with Crippen LogP contribution >= 0.6 is 0 Å². The van der Waals surface area contributed by atoms with Gasteiger partial charge >= 0.3 is 0 Å². The van der Waals surface area contributed by atoms with Gasteiger partial charge in [0.2, 0.25) is 0 Å². The molecule has 0 bridgehead atoms. The maximum atomic E-state index is 11.6. The first-order chi connectivity index (χ1) is 13.7. The van der Waals surface area contributed by atoms with Crippen molar-refractivity contribution in [2.45, 2.75) is 42.5 Å². The van der Waals surface area contributed by atoms with Gasteiger partial charge in [-0.25, -0.2) is 18.4 Å². The zero-order chi connectivity index (χ0) is 20.9. The number of fused-ring (bicyclic) bond motifs is 1. The normalized spacial score (nSPS) is 26.1. The van der Waals surface area contributed by atoms with Crippen LogP contribution in [0.5, 0.6) is 0 Å². The highest BCUT2D eigenvalue weighted by molar-refractivity contribution is 7.90. The second-order valence-electron chi connectivity index (χ2n) is 7.18. The fourth-order valence-electron chi connectivity index (χ4n) is 3.58. The molecule has 1 aliphatic rings. The summed E-state index contributed by atoms with van der Waals surface area (Å²) in [5.41, 5.74) is 1.68. The van der Waals surface area contributed by atoms with Gasteiger partial charge < -0.3 is 24.6 Å². The lowest BCUT2D eigenvalue weighted by Crippen LogP contribution is -2.34. The van der Waals surface area contributed by atoms with E-state index in [2.05, 4.69) is 9.97 Å². The topological polar surface area (TPSA) is 135 Å². The Morgan fingerprint density at radius 1 is 1.10 bits per heavy atom. The van der Waals surface area contributed by atoms with E-state index in [0.29, 0.717) is 11.2 Å². The highest BCUT2D eigenvalue weighted by Gasteiger charge is 2.47. The molecule has 5 unspecified atom stereocenters. The van der Waals surface area contributed by atoms with Crippen LogP contribution in [-0.2, 0) is 14.6 Å². The third kappa shape index (κ3) is 3.43. The molecule has 0 amide bonds. The molecule has 1 saturated heterocycles. The minimum Gasteiger partial charge on any atom is -0.387 e. The maximum absolute atomic E-state index is 11.6. The fourth-order valence-corrected chi connectivity index (χ4v) is 4.21. The smallest absolute Gasteiger partial charge is 0.175 e. The summed E-state index contributed by atoms with van der Waals surface area (Å²) in [6.45, 7) is 1.84. The van der Waals surface area contributed by atoms with Crippen molar-refractivity contribution in [1.82, 2.24) is 14.5 Å². The summed E-state index contributed by atoms with van der Waals surface area (Å²) in [5, 5.41) is 32.5. The maximum Gasteiger partial charge on any atom is 0.175 e. The summed E-state index contributed by atoms with van der Waals surface area (Å²) in [4.78, 5) is 8.47. The summed E-state index contributed by atoms with van der Waals surface area (Å²) in [5.74, 6) is 0. The fraction of sp³-hybridized carbons (Fsp3) is 0.368. The first-order valence-corrected chi connectivity index (χ1v) is 10.9. The number of aryl methyl sites for hydroxylation is 1. The van der Waals surface area contributed by atoms with Gasteiger partial charge in [0.1, 0.15) is 36.4 Å². The number of hydrogen-bond acceptors (Lipinski definition) is 8. The Kier molecular flexibility index (Phi) is 4.91. The van der Waals surface area contributed by atoms with E-state index in [1.165, 1.54) is 30.6 Å². The Labute approximate surface area is 167 Å². The van der Waals surface area contributed by atoms with Gasteiger partial charge in [-0.3, -0.25) is 0 Å². The molecule has 1 aromatic carbocycles. The monoisotopic (exact) mass is 419 g/mol. The zero-order valence-electron chi connectivity index (χ0n) is 15.7. The average Bonchev–Trinajstić information content (AvgIpc) is 3.23. The lowest BCUT2D eigenvalue weighted by Gasteiger charge is -2.21. The second-order valence-corrected chi connectivity index (χ2v) is 9.19. The number of sulfone groups is 1. The van der Waals surface area contributed by atoms with Gasteiger partial charge in [-0.2, -0.15) is 0 Å². The Morgan fingerprint density at radius 3 is 2.45 bits per heavy atom. The summed E-state index contributed by atoms with van der Waals surface area (Å²) >= 11 is 0. The van der Waals surface area contributed by atoms with E-state index in [4.69, 9.17) is 4.74 Å². The number of aliphatic hydroxyl groups excluding tert-OH is 3. The first kappa shape index (κ1) is 19.9. The number of hydrogen-bond donors (Lipinski definition) is 3. The Bertz CT molecular complexity index is 1140. The van der Waals surface area contributed by atoms with E-state index < -0.39 is 40.5 Å². The molecule has 29 heavy (non-hydrogen) atoms. The lowest BCUT2D eigenvalue weighted by atomic mass is 9.99. The molecule has 9 nitrogen and oxygen atoms in total. The van der Waals surface area contributed by atoms with E-state index in [9.17, 15) is 23.7 Å². The molecule has 1 fully saturated rings. The molecule has 154 valence electrons. The molecule has 4 rings (SSSR count). The van der Waals surface area contributed by atoms with Crippen LogP contribution in [0, 0.1) is 6.92 Å². The summed E-state index contributed by atoms with van der Waals surface area (Å²) in [6.07, 6.45) is -1.80. The van der Waals surface area contributed by atoms with Crippen molar-refractivity contribution in [3.8, 4) is 0 Å². The van der Waals surface area contributed by atoms with E-state index in [1.807, 2.05) is 6.92 Å². The number of nitrogens with zero attached hydrogens (tertiary/aromatic N) is 3. The van der Waals surface area contributed by atoms with Crippen LogP contribution in [0.1, 0.15) is 23.6 Å². The number of aromatic nitrogens is 3. The largest absolute Gasteiger partial charge is 0.387 e. The molecule has 0 saturated carbocycles. The van der Waals surface area contributed by atoms with Crippen LogP contribution in [0.2, 0.25) is 0 Å². The van der Waals surface area contributed by atoms with Crippen molar-refractivity contribution in [2.75, 3.05) is 6.26 Å². The summed E-state index contributed by atoms with van der Waals surface area (Å²) in [7, 11) is -3.36. The summed E-state index contributed by atoms with van der Waals surface area (Å²) in [6, 6.07) is 7.46.